The van der Waals surface area contributed by atoms with Gasteiger partial charge in [0.25, 0.3) is 0 Å². The van der Waals surface area contributed by atoms with Crippen molar-refractivity contribution >= 4 is 67.9 Å². The molecule has 1 aliphatic rings. The lowest BCUT2D eigenvalue weighted by molar-refractivity contribution is -0.144. The SMILES string of the molecule is C=C1N(CCOC(=O)CC(C)S)C(=O)N(CCOC(=O)CC(C)S)C(=O)N1CCOC(=O)CC(C)S. The summed E-state index contributed by atoms with van der Waals surface area (Å²) in [7, 11) is 0. The molecule has 0 radical (unpaired) electrons. The highest BCUT2D eigenvalue weighted by molar-refractivity contribution is 7.81. The molecule has 0 spiro atoms. The molecule has 1 rings (SSSR count). The van der Waals surface area contributed by atoms with Gasteiger partial charge in [-0.15, -0.1) is 0 Å². The average molecular weight is 566 g/mol. The maximum Gasteiger partial charge on any atom is 0.333 e. The maximum atomic E-state index is 13.0. The number of thiol groups is 3. The van der Waals surface area contributed by atoms with E-state index in [0.29, 0.717) is 0 Å². The molecule has 1 heterocycles. The molecule has 36 heavy (non-hydrogen) atoms. The Balaban J connectivity index is 2.87. The summed E-state index contributed by atoms with van der Waals surface area (Å²) in [6.45, 7) is 8.22. The minimum atomic E-state index is -0.709. The standard InChI is InChI=1S/C22H35N3O8S3/c1-14(34)11-18(26)31-8-5-23-17(4)24(6-9-32-19(27)12-15(2)35)22(30)25(21(23)29)7-10-33-20(28)13-16(3)36/h14-16,34-36H,4-13H2,1-3H3. The molecular formula is C22H35N3O8S3. The number of carbonyl (C=O) groups is 5. The minimum Gasteiger partial charge on any atom is -0.464 e. The van der Waals surface area contributed by atoms with E-state index in [9.17, 15) is 24.0 Å². The van der Waals surface area contributed by atoms with Crippen LogP contribution in [0.5, 0.6) is 0 Å². The molecule has 4 amide bonds. The highest BCUT2D eigenvalue weighted by Gasteiger charge is 2.40. The summed E-state index contributed by atoms with van der Waals surface area (Å²) in [5, 5.41) is -0.574. The topological polar surface area (TPSA) is 123 Å². The summed E-state index contributed by atoms with van der Waals surface area (Å²) in [4.78, 5) is 64.8. The Hall–Kier alpha value is -2.06. The van der Waals surface area contributed by atoms with Crippen LogP contribution in [0.2, 0.25) is 0 Å². The Morgan fingerprint density at radius 2 is 0.944 bits per heavy atom. The molecule has 1 saturated heterocycles. The molecule has 1 fully saturated rings. The van der Waals surface area contributed by atoms with Gasteiger partial charge in [0.15, 0.2) is 0 Å². The Bertz CT molecular complexity index is 700. The van der Waals surface area contributed by atoms with Gasteiger partial charge < -0.3 is 14.2 Å². The maximum absolute atomic E-state index is 13.0. The number of amides is 4. The van der Waals surface area contributed by atoms with Crippen molar-refractivity contribution in [3.05, 3.63) is 12.4 Å². The van der Waals surface area contributed by atoms with E-state index >= 15 is 0 Å². The molecule has 204 valence electrons. The fourth-order valence-electron chi connectivity index (χ4n) is 3.03. The molecule has 0 aromatic carbocycles. The molecule has 11 nitrogen and oxygen atoms in total. The van der Waals surface area contributed by atoms with Crippen LogP contribution in [-0.4, -0.2) is 99.9 Å². The summed E-state index contributed by atoms with van der Waals surface area (Å²) in [5.74, 6) is -1.43. The lowest BCUT2D eigenvalue weighted by atomic mass is 10.3. The Morgan fingerprint density at radius 3 is 1.22 bits per heavy atom. The zero-order valence-corrected chi connectivity index (χ0v) is 23.4. The molecule has 3 atom stereocenters. The number of urea groups is 2. The Morgan fingerprint density at radius 1 is 0.667 bits per heavy atom. The summed E-state index contributed by atoms with van der Waals surface area (Å²) < 4.78 is 15.4. The summed E-state index contributed by atoms with van der Waals surface area (Å²) in [5.41, 5.74) is 0. The number of hydrogen-bond donors (Lipinski definition) is 3. The summed E-state index contributed by atoms with van der Waals surface area (Å²) in [6.07, 6.45) is 0.273. The second kappa shape index (κ2) is 15.9. The van der Waals surface area contributed by atoms with E-state index in [-0.39, 0.29) is 80.3 Å². The van der Waals surface area contributed by atoms with Crippen molar-refractivity contribution in [3.8, 4) is 0 Å². The smallest absolute Gasteiger partial charge is 0.333 e. The first kappa shape index (κ1) is 32.0. The lowest BCUT2D eigenvalue weighted by Gasteiger charge is -2.42. The first-order valence-electron chi connectivity index (χ1n) is 11.4. The molecule has 14 heteroatoms. The van der Waals surface area contributed by atoms with Crippen LogP contribution in [0.4, 0.5) is 9.59 Å². The van der Waals surface area contributed by atoms with Gasteiger partial charge in [-0.3, -0.25) is 24.2 Å². The van der Waals surface area contributed by atoms with Crippen molar-refractivity contribution in [2.45, 2.75) is 55.8 Å². The van der Waals surface area contributed by atoms with Gasteiger partial charge in [0.05, 0.1) is 38.9 Å². The van der Waals surface area contributed by atoms with Crippen LogP contribution >= 0.6 is 37.9 Å². The molecule has 0 aliphatic carbocycles. The van der Waals surface area contributed by atoms with Crippen molar-refractivity contribution in [2.24, 2.45) is 0 Å². The molecule has 0 aromatic heterocycles. The third-order valence-corrected chi connectivity index (χ3v) is 5.21. The van der Waals surface area contributed by atoms with Crippen LogP contribution < -0.4 is 0 Å². The van der Waals surface area contributed by atoms with Crippen LogP contribution in [0, 0.1) is 0 Å². The van der Waals surface area contributed by atoms with E-state index in [0.717, 1.165) is 4.90 Å². The number of hydrogen-bond acceptors (Lipinski definition) is 11. The van der Waals surface area contributed by atoms with Gasteiger partial charge in [-0.1, -0.05) is 27.4 Å². The summed E-state index contributed by atoms with van der Waals surface area (Å²) >= 11 is 12.4. The number of rotatable bonds is 15. The van der Waals surface area contributed by atoms with Crippen molar-refractivity contribution in [2.75, 3.05) is 39.5 Å². The lowest BCUT2D eigenvalue weighted by Crippen LogP contribution is -2.60. The highest BCUT2D eigenvalue weighted by Crippen LogP contribution is 2.21. The van der Waals surface area contributed by atoms with Crippen molar-refractivity contribution in [3.63, 3.8) is 0 Å². The number of nitrogens with zero attached hydrogens (tertiary/aromatic N) is 3. The van der Waals surface area contributed by atoms with E-state index in [2.05, 4.69) is 44.5 Å². The van der Waals surface area contributed by atoms with Crippen molar-refractivity contribution in [1.82, 2.24) is 14.7 Å². The van der Waals surface area contributed by atoms with Crippen LogP contribution in [0.1, 0.15) is 40.0 Å². The number of carbonyl (C=O) groups excluding carboxylic acids is 5. The van der Waals surface area contributed by atoms with E-state index < -0.39 is 30.0 Å². The third-order valence-electron chi connectivity index (χ3n) is 4.67. The van der Waals surface area contributed by atoms with Crippen LogP contribution in [0.3, 0.4) is 0 Å². The van der Waals surface area contributed by atoms with E-state index in [1.807, 2.05) is 0 Å². The number of ether oxygens (including phenoxy) is 3. The second-order valence-corrected chi connectivity index (χ2v) is 10.9. The van der Waals surface area contributed by atoms with Gasteiger partial charge in [-0.25, -0.2) is 14.5 Å². The zero-order valence-electron chi connectivity index (χ0n) is 20.8. The van der Waals surface area contributed by atoms with Crippen LogP contribution in [-0.2, 0) is 28.6 Å². The monoisotopic (exact) mass is 565 g/mol. The molecular weight excluding hydrogens is 530 g/mol. The first-order valence-corrected chi connectivity index (χ1v) is 13.0. The van der Waals surface area contributed by atoms with Gasteiger partial charge >= 0.3 is 30.0 Å². The molecule has 0 bridgehead atoms. The molecule has 1 aliphatic heterocycles. The average Bonchev–Trinajstić information content (AvgIpc) is 2.73. The van der Waals surface area contributed by atoms with Crippen LogP contribution in [0.25, 0.3) is 0 Å². The second-order valence-electron chi connectivity index (χ2n) is 8.26. The van der Waals surface area contributed by atoms with Crippen molar-refractivity contribution in [1.29, 1.82) is 0 Å². The fourth-order valence-corrected chi connectivity index (χ4v) is 3.48. The van der Waals surface area contributed by atoms with E-state index in [1.54, 1.807) is 20.8 Å². The molecule has 3 unspecified atom stereocenters. The third kappa shape index (κ3) is 11.3. The predicted octanol–water partition coefficient (Wildman–Crippen LogP) is 2.37. The highest BCUT2D eigenvalue weighted by atomic mass is 32.1. The van der Waals surface area contributed by atoms with Gasteiger partial charge in [-0.05, 0) is 0 Å². The fraction of sp³-hybridized carbons (Fsp3) is 0.682. The quantitative estimate of drug-likeness (QED) is 0.157. The first-order chi connectivity index (χ1) is 16.8. The number of imide groups is 1. The summed E-state index contributed by atoms with van der Waals surface area (Å²) in [6, 6.07) is -1.42. The van der Waals surface area contributed by atoms with Gasteiger partial charge in [0.2, 0.25) is 0 Å². The predicted molar refractivity (Wildman–Crippen MR) is 142 cm³/mol. The van der Waals surface area contributed by atoms with E-state index in [4.69, 9.17) is 14.2 Å². The van der Waals surface area contributed by atoms with Crippen LogP contribution in [0.15, 0.2) is 12.4 Å². The molecule has 0 saturated carbocycles. The largest absolute Gasteiger partial charge is 0.464 e. The Labute approximate surface area is 228 Å². The van der Waals surface area contributed by atoms with Crippen molar-refractivity contribution < 1.29 is 38.2 Å². The van der Waals surface area contributed by atoms with Gasteiger partial charge in [0, 0.05) is 15.7 Å². The number of esters is 3. The zero-order chi connectivity index (χ0) is 27.4. The van der Waals surface area contributed by atoms with E-state index in [1.165, 1.54) is 9.80 Å². The van der Waals surface area contributed by atoms with Gasteiger partial charge in [-0.2, -0.15) is 37.9 Å². The molecule has 0 N–H and O–H groups in total. The van der Waals surface area contributed by atoms with Gasteiger partial charge in [0.1, 0.15) is 25.6 Å². The minimum absolute atomic E-state index is 0.0411. The Kier molecular flexibility index (Phi) is 14.1. The normalized spacial score (nSPS) is 16.5. The molecule has 0 aromatic rings.